The van der Waals surface area contributed by atoms with Gasteiger partial charge in [0, 0.05) is 44.7 Å². The molecule has 2 aliphatic heterocycles. The van der Waals surface area contributed by atoms with Crippen molar-refractivity contribution in [1.29, 1.82) is 0 Å². The van der Waals surface area contributed by atoms with Crippen molar-refractivity contribution in [1.82, 2.24) is 19.8 Å². The Morgan fingerprint density at radius 2 is 1.96 bits per heavy atom. The Hall–Kier alpha value is -2.76. The van der Waals surface area contributed by atoms with Gasteiger partial charge in [-0.05, 0) is 25.3 Å². The molecule has 6 heteroatoms. The SMILES string of the molecule is CC(=O)N1CCc2nc([C@H]3CCCN3C(=O)[C@@H](C)c3ccccc3)ncc2C1. The second kappa shape index (κ2) is 7.70. The van der Waals surface area contributed by atoms with E-state index in [1.165, 1.54) is 0 Å². The van der Waals surface area contributed by atoms with E-state index in [0.717, 1.165) is 48.5 Å². The summed E-state index contributed by atoms with van der Waals surface area (Å²) >= 11 is 0. The van der Waals surface area contributed by atoms with E-state index in [1.807, 2.05) is 53.3 Å². The summed E-state index contributed by atoms with van der Waals surface area (Å²) in [5.41, 5.74) is 3.06. The third-order valence-corrected chi connectivity index (χ3v) is 5.90. The molecule has 28 heavy (non-hydrogen) atoms. The van der Waals surface area contributed by atoms with Gasteiger partial charge in [-0.25, -0.2) is 9.97 Å². The number of carbonyl (C=O) groups is 2. The standard InChI is InChI=1S/C22H26N4O2/c1-15(17-7-4-3-5-8-17)22(28)26-11-6-9-20(26)21-23-13-18-14-25(16(2)27)12-10-19(18)24-21/h3-5,7-8,13,15,20H,6,9-12,14H2,1-2H3/t15-,20+/m0/s1. The smallest absolute Gasteiger partial charge is 0.230 e. The number of fused-ring (bicyclic) bond motifs is 1. The molecule has 146 valence electrons. The summed E-state index contributed by atoms with van der Waals surface area (Å²) in [5, 5.41) is 0. The van der Waals surface area contributed by atoms with E-state index in [-0.39, 0.29) is 23.8 Å². The lowest BCUT2D eigenvalue weighted by Gasteiger charge is -2.29. The van der Waals surface area contributed by atoms with Gasteiger partial charge in [-0.15, -0.1) is 0 Å². The highest BCUT2D eigenvalue weighted by molar-refractivity contribution is 5.84. The zero-order chi connectivity index (χ0) is 19.7. The first-order valence-electron chi connectivity index (χ1n) is 10.00. The second-order valence-electron chi connectivity index (χ2n) is 7.71. The molecule has 3 heterocycles. The first-order valence-corrected chi connectivity index (χ1v) is 10.00. The van der Waals surface area contributed by atoms with Crippen molar-refractivity contribution in [2.75, 3.05) is 13.1 Å². The molecule has 0 saturated carbocycles. The van der Waals surface area contributed by atoms with Gasteiger partial charge in [0.2, 0.25) is 11.8 Å². The van der Waals surface area contributed by atoms with Crippen molar-refractivity contribution in [3.05, 3.63) is 59.2 Å². The van der Waals surface area contributed by atoms with Gasteiger partial charge in [-0.3, -0.25) is 9.59 Å². The molecule has 2 aromatic rings. The van der Waals surface area contributed by atoms with Crippen LogP contribution in [0.4, 0.5) is 0 Å². The lowest BCUT2D eigenvalue weighted by atomic mass is 9.99. The fourth-order valence-electron chi connectivity index (χ4n) is 4.19. The first kappa shape index (κ1) is 18.6. The largest absolute Gasteiger partial charge is 0.338 e. The van der Waals surface area contributed by atoms with Crippen molar-refractivity contribution in [2.24, 2.45) is 0 Å². The van der Waals surface area contributed by atoms with Crippen LogP contribution >= 0.6 is 0 Å². The Labute approximate surface area is 165 Å². The zero-order valence-corrected chi connectivity index (χ0v) is 16.5. The van der Waals surface area contributed by atoms with Crippen LogP contribution in [-0.2, 0) is 22.6 Å². The number of amides is 2. The lowest BCUT2D eigenvalue weighted by molar-refractivity contribution is -0.133. The average molecular weight is 378 g/mol. The predicted octanol–water partition coefficient (Wildman–Crippen LogP) is 2.85. The van der Waals surface area contributed by atoms with Crippen molar-refractivity contribution < 1.29 is 9.59 Å². The van der Waals surface area contributed by atoms with Crippen LogP contribution < -0.4 is 0 Å². The quantitative estimate of drug-likeness (QED) is 0.824. The van der Waals surface area contributed by atoms with Crippen molar-refractivity contribution in [2.45, 2.75) is 51.6 Å². The molecular weight excluding hydrogens is 352 g/mol. The van der Waals surface area contributed by atoms with Crippen LogP contribution in [0.15, 0.2) is 36.5 Å². The van der Waals surface area contributed by atoms with Crippen LogP contribution in [0.5, 0.6) is 0 Å². The van der Waals surface area contributed by atoms with Gasteiger partial charge in [-0.2, -0.15) is 0 Å². The van der Waals surface area contributed by atoms with Gasteiger partial charge in [0.15, 0.2) is 5.82 Å². The monoisotopic (exact) mass is 378 g/mol. The summed E-state index contributed by atoms with van der Waals surface area (Å²) in [6, 6.07) is 9.85. The average Bonchev–Trinajstić information content (AvgIpc) is 3.22. The fourth-order valence-corrected chi connectivity index (χ4v) is 4.19. The molecule has 1 aromatic heterocycles. The number of hydrogen-bond donors (Lipinski definition) is 0. The Balaban J connectivity index is 1.54. The Morgan fingerprint density at radius 3 is 2.71 bits per heavy atom. The predicted molar refractivity (Wildman–Crippen MR) is 105 cm³/mol. The topological polar surface area (TPSA) is 66.4 Å². The van der Waals surface area contributed by atoms with E-state index < -0.39 is 0 Å². The van der Waals surface area contributed by atoms with Crippen LogP contribution in [-0.4, -0.2) is 44.7 Å². The summed E-state index contributed by atoms with van der Waals surface area (Å²) in [4.78, 5) is 38.0. The second-order valence-corrected chi connectivity index (χ2v) is 7.71. The minimum atomic E-state index is -0.177. The van der Waals surface area contributed by atoms with Crippen LogP contribution in [0.3, 0.4) is 0 Å². The Kier molecular flexibility index (Phi) is 5.11. The van der Waals surface area contributed by atoms with E-state index in [0.29, 0.717) is 13.1 Å². The number of nitrogens with zero attached hydrogens (tertiary/aromatic N) is 4. The maximum absolute atomic E-state index is 13.2. The number of aromatic nitrogens is 2. The van der Waals surface area contributed by atoms with E-state index in [4.69, 9.17) is 4.98 Å². The van der Waals surface area contributed by atoms with E-state index in [1.54, 1.807) is 6.92 Å². The summed E-state index contributed by atoms with van der Waals surface area (Å²) in [7, 11) is 0. The lowest BCUT2D eigenvalue weighted by Crippen LogP contribution is -2.36. The van der Waals surface area contributed by atoms with Crippen molar-refractivity contribution in [3.63, 3.8) is 0 Å². The third-order valence-electron chi connectivity index (χ3n) is 5.90. The zero-order valence-electron chi connectivity index (χ0n) is 16.5. The molecule has 1 saturated heterocycles. The van der Waals surface area contributed by atoms with E-state index in [9.17, 15) is 9.59 Å². The number of hydrogen-bond acceptors (Lipinski definition) is 4. The molecule has 2 amide bonds. The number of benzene rings is 1. The Bertz CT molecular complexity index is 883. The van der Waals surface area contributed by atoms with Crippen LogP contribution in [0.2, 0.25) is 0 Å². The molecule has 0 N–H and O–H groups in total. The molecule has 1 fully saturated rings. The summed E-state index contributed by atoms with van der Waals surface area (Å²) in [5.74, 6) is 0.777. The first-order chi connectivity index (χ1) is 13.5. The van der Waals surface area contributed by atoms with Gasteiger partial charge in [0.1, 0.15) is 0 Å². The maximum Gasteiger partial charge on any atom is 0.230 e. The van der Waals surface area contributed by atoms with Gasteiger partial charge >= 0.3 is 0 Å². The van der Waals surface area contributed by atoms with Crippen LogP contribution in [0.1, 0.15) is 61.3 Å². The van der Waals surface area contributed by atoms with Crippen LogP contribution in [0, 0.1) is 0 Å². The number of rotatable bonds is 3. The molecule has 0 spiro atoms. The molecule has 0 radical (unpaired) electrons. The van der Waals surface area contributed by atoms with E-state index >= 15 is 0 Å². The van der Waals surface area contributed by atoms with Crippen molar-refractivity contribution >= 4 is 11.8 Å². The van der Waals surface area contributed by atoms with Gasteiger partial charge in [0.25, 0.3) is 0 Å². The van der Waals surface area contributed by atoms with Gasteiger partial charge in [0.05, 0.1) is 17.7 Å². The molecule has 0 bridgehead atoms. The molecular formula is C22H26N4O2. The maximum atomic E-state index is 13.2. The molecule has 2 atom stereocenters. The highest BCUT2D eigenvalue weighted by Gasteiger charge is 2.35. The molecule has 6 nitrogen and oxygen atoms in total. The van der Waals surface area contributed by atoms with Crippen LogP contribution in [0.25, 0.3) is 0 Å². The minimum Gasteiger partial charge on any atom is -0.338 e. The van der Waals surface area contributed by atoms with Gasteiger partial charge in [-0.1, -0.05) is 30.3 Å². The molecule has 0 unspecified atom stereocenters. The molecule has 4 rings (SSSR count). The number of carbonyl (C=O) groups excluding carboxylic acids is 2. The summed E-state index contributed by atoms with van der Waals surface area (Å²) < 4.78 is 0. The van der Waals surface area contributed by atoms with Crippen molar-refractivity contribution in [3.8, 4) is 0 Å². The van der Waals surface area contributed by atoms with E-state index in [2.05, 4.69) is 4.98 Å². The molecule has 2 aliphatic rings. The minimum absolute atomic E-state index is 0.0604. The highest BCUT2D eigenvalue weighted by atomic mass is 16.2. The number of likely N-dealkylation sites (tertiary alicyclic amines) is 1. The summed E-state index contributed by atoms with van der Waals surface area (Å²) in [6.45, 7) is 5.58. The fraction of sp³-hybridized carbons (Fsp3) is 0.455. The molecule has 0 aliphatic carbocycles. The summed E-state index contributed by atoms with van der Waals surface area (Å²) in [6.07, 6.45) is 4.45. The molecule has 1 aromatic carbocycles. The third kappa shape index (κ3) is 3.51. The Morgan fingerprint density at radius 1 is 1.18 bits per heavy atom. The van der Waals surface area contributed by atoms with Gasteiger partial charge < -0.3 is 9.80 Å². The normalized spacial score (nSPS) is 20.0. The highest BCUT2D eigenvalue weighted by Crippen LogP contribution is 2.33.